The molecule has 1 aromatic carbocycles. The molecule has 0 saturated heterocycles. The molecule has 0 bridgehead atoms. The lowest BCUT2D eigenvalue weighted by Gasteiger charge is -2.10. The predicted molar refractivity (Wildman–Crippen MR) is 78.5 cm³/mol. The average Bonchev–Trinajstić information content (AvgIpc) is 3.13. The highest BCUT2D eigenvalue weighted by Crippen LogP contribution is 2.40. The number of carbonyl (C=O) groups excluding carboxylic acids is 1. The van der Waals surface area contributed by atoms with E-state index in [0.717, 1.165) is 17.7 Å². The van der Waals surface area contributed by atoms with Crippen LogP contribution in [0, 0.1) is 0 Å². The third-order valence-electron chi connectivity index (χ3n) is 4.00. The van der Waals surface area contributed by atoms with E-state index in [4.69, 9.17) is 4.42 Å². The maximum atomic E-state index is 12.9. The largest absolute Gasteiger partial charge is 0.472 e. The minimum Gasteiger partial charge on any atom is -0.472 e. The normalized spacial score (nSPS) is 18.6. The molecule has 1 aliphatic carbocycles. The first-order chi connectivity index (χ1) is 10.9. The molecule has 0 fully saturated rings. The summed E-state index contributed by atoms with van der Waals surface area (Å²) in [5.41, 5.74) is 1.19. The number of nitrogens with one attached hydrogen (secondary N) is 1. The summed E-state index contributed by atoms with van der Waals surface area (Å²) in [6.45, 7) is 0. The van der Waals surface area contributed by atoms with Crippen LogP contribution in [0.4, 0.5) is 13.2 Å². The Labute approximate surface area is 130 Å². The van der Waals surface area contributed by atoms with Crippen LogP contribution in [-0.4, -0.2) is 12.8 Å². The summed E-state index contributed by atoms with van der Waals surface area (Å²) in [5.74, 6) is -0.629. The molecule has 0 amide bonds. The van der Waals surface area contributed by atoms with E-state index in [1.54, 1.807) is 13.1 Å². The lowest BCUT2D eigenvalue weighted by atomic mass is 9.94. The Morgan fingerprint density at radius 3 is 2.65 bits per heavy atom. The highest BCUT2D eigenvalue weighted by molar-refractivity contribution is 6.26. The molecule has 1 heterocycles. The molecular weight excluding hydrogens is 307 g/mol. The number of halogens is 3. The van der Waals surface area contributed by atoms with Crippen molar-refractivity contribution in [2.75, 3.05) is 7.05 Å². The smallest absolute Gasteiger partial charge is 0.416 e. The van der Waals surface area contributed by atoms with Gasteiger partial charge in [-0.2, -0.15) is 13.2 Å². The van der Waals surface area contributed by atoms with Gasteiger partial charge < -0.3 is 9.73 Å². The van der Waals surface area contributed by atoms with Gasteiger partial charge >= 0.3 is 6.18 Å². The van der Waals surface area contributed by atoms with Crippen molar-refractivity contribution in [1.82, 2.24) is 5.32 Å². The van der Waals surface area contributed by atoms with Crippen LogP contribution in [0.3, 0.4) is 0 Å². The summed E-state index contributed by atoms with van der Waals surface area (Å²) in [4.78, 5) is 12.7. The van der Waals surface area contributed by atoms with E-state index in [9.17, 15) is 18.0 Å². The Balaban J connectivity index is 2.02. The van der Waals surface area contributed by atoms with E-state index >= 15 is 0 Å². The van der Waals surface area contributed by atoms with Gasteiger partial charge in [0.25, 0.3) is 0 Å². The topological polar surface area (TPSA) is 42.2 Å². The maximum absolute atomic E-state index is 12.9. The van der Waals surface area contributed by atoms with Gasteiger partial charge in [-0.3, -0.25) is 4.79 Å². The number of allylic oxidation sites excluding steroid dienone is 2. The van der Waals surface area contributed by atoms with Gasteiger partial charge in [0.05, 0.1) is 24.0 Å². The molecule has 0 spiro atoms. The lowest BCUT2D eigenvalue weighted by molar-refractivity contribution is -0.137. The third kappa shape index (κ3) is 2.76. The van der Waals surface area contributed by atoms with E-state index in [-0.39, 0.29) is 11.3 Å². The van der Waals surface area contributed by atoms with Gasteiger partial charge in [0, 0.05) is 30.3 Å². The van der Waals surface area contributed by atoms with Crippen LogP contribution in [0.5, 0.6) is 0 Å². The first-order valence-electron chi connectivity index (χ1n) is 7.06. The monoisotopic (exact) mass is 321 g/mol. The van der Waals surface area contributed by atoms with Crippen molar-refractivity contribution in [2.45, 2.75) is 18.5 Å². The number of alkyl halides is 3. The summed E-state index contributed by atoms with van der Waals surface area (Å²) in [6.07, 6.45) is -1.06. The Kier molecular flexibility index (Phi) is 3.75. The Hall–Kier alpha value is -2.50. The fraction of sp³-hybridized carbons (Fsp3) is 0.235. The second-order valence-electron chi connectivity index (χ2n) is 5.36. The number of benzene rings is 1. The molecule has 0 saturated carbocycles. The molecule has 6 heteroatoms. The van der Waals surface area contributed by atoms with Crippen molar-refractivity contribution in [3.05, 3.63) is 65.2 Å². The van der Waals surface area contributed by atoms with Gasteiger partial charge in [0.2, 0.25) is 0 Å². The van der Waals surface area contributed by atoms with Crippen molar-refractivity contribution in [3.8, 4) is 0 Å². The van der Waals surface area contributed by atoms with Crippen LogP contribution in [0.25, 0.3) is 5.57 Å². The Bertz CT molecular complexity index is 760. The molecule has 3 rings (SSSR count). The number of hydrogen-bond acceptors (Lipinski definition) is 3. The van der Waals surface area contributed by atoms with Crippen LogP contribution in [0.2, 0.25) is 0 Å². The highest BCUT2D eigenvalue weighted by Gasteiger charge is 2.36. The molecular formula is C17H14F3NO2. The van der Waals surface area contributed by atoms with Gasteiger partial charge in [-0.15, -0.1) is 0 Å². The molecule has 0 aliphatic heterocycles. The Morgan fingerprint density at radius 2 is 2.04 bits per heavy atom. The maximum Gasteiger partial charge on any atom is 0.416 e. The van der Waals surface area contributed by atoms with Crippen molar-refractivity contribution in [3.63, 3.8) is 0 Å². The molecule has 23 heavy (non-hydrogen) atoms. The van der Waals surface area contributed by atoms with E-state index in [1.165, 1.54) is 24.7 Å². The number of Topliss-reactive ketones (excluding diaryl/α,β-unsaturated/α-hetero) is 1. The number of hydrogen-bond donors (Lipinski definition) is 1. The van der Waals surface area contributed by atoms with Crippen molar-refractivity contribution < 1.29 is 22.4 Å². The zero-order chi connectivity index (χ0) is 16.6. The van der Waals surface area contributed by atoms with Crippen LogP contribution in [-0.2, 0) is 11.0 Å². The van der Waals surface area contributed by atoms with Crippen molar-refractivity contribution in [2.24, 2.45) is 0 Å². The molecule has 1 N–H and O–H groups in total. The molecule has 120 valence electrons. The number of furan rings is 1. The van der Waals surface area contributed by atoms with E-state index < -0.39 is 17.7 Å². The van der Waals surface area contributed by atoms with Gasteiger partial charge in [0.15, 0.2) is 5.78 Å². The summed E-state index contributed by atoms with van der Waals surface area (Å²) in [5, 5.41) is 2.94. The van der Waals surface area contributed by atoms with E-state index in [2.05, 4.69) is 5.32 Å². The number of ketones is 1. The highest BCUT2D eigenvalue weighted by atomic mass is 19.4. The first kappa shape index (κ1) is 15.4. The molecule has 3 nitrogen and oxygen atoms in total. The van der Waals surface area contributed by atoms with Crippen LogP contribution in [0.15, 0.2) is 53.0 Å². The molecule has 1 unspecified atom stereocenters. The van der Waals surface area contributed by atoms with Gasteiger partial charge in [-0.05, 0) is 23.8 Å². The van der Waals surface area contributed by atoms with Crippen LogP contribution < -0.4 is 5.32 Å². The minimum atomic E-state index is -4.44. The SMILES string of the molecule is CNC1=C(c2cccc(C(F)(F)F)c2)C(=O)C(c2ccoc2)C1. The summed E-state index contributed by atoms with van der Waals surface area (Å²) in [6, 6.07) is 6.55. The van der Waals surface area contributed by atoms with Crippen molar-refractivity contribution in [1.29, 1.82) is 0 Å². The zero-order valence-corrected chi connectivity index (χ0v) is 12.3. The fourth-order valence-electron chi connectivity index (χ4n) is 2.86. The lowest BCUT2D eigenvalue weighted by Crippen LogP contribution is -2.09. The molecule has 0 radical (unpaired) electrons. The quantitative estimate of drug-likeness (QED) is 0.929. The second-order valence-corrected chi connectivity index (χ2v) is 5.36. The molecule has 1 aliphatic rings. The minimum absolute atomic E-state index is 0.199. The first-order valence-corrected chi connectivity index (χ1v) is 7.06. The average molecular weight is 321 g/mol. The van der Waals surface area contributed by atoms with Crippen LogP contribution >= 0.6 is 0 Å². The van der Waals surface area contributed by atoms with E-state index in [1.807, 2.05) is 0 Å². The molecule has 2 aromatic rings. The number of rotatable bonds is 3. The summed E-state index contributed by atoms with van der Waals surface area (Å²) in [7, 11) is 1.66. The van der Waals surface area contributed by atoms with E-state index in [0.29, 0.717) is 17.7 Å². The summed E-state index contributed by atoms with van der Waals surface area (Å²) < 4.78 is 43.7. The Morgan fingerprint density at radius 1 is 1.26 bits per heavy atom. The fourth-order valence-corrected chi connectivity index (χ4v) is 2.86. The molecule has 1 atom stereocenters. The second kappa shape index (κ2) is 5.61. The van der Waals surface area contributed by atoms with Gasteiger partial charge in [-0.25, -0.2) is 0 Å². The standard InChI is InChI=1S/C17H14F3NO2/c1-21-14-8-13(11-5-6-23-9-11)16(22)15(14)10-3-2-4-12(7-10)17(18,19)20/h2-7,9,13,21H,8H2,1H3. The predicted octanol–water partition coefficient (Wildman–Crippen LogP) is 3.99. The van der Waals surface area contributed by atoms with Crippen molar-refractivity contribution >= 4 is 11.4 Å². The third-order valence-corrected chi connectivity index (χ3v) is 4.00. The number of carbonyl (C=O) groups is 1. The molecule has 1 aromatic heterocycles. The zero-order valence-electron chi connectivity index (χ0n) is 12.3. The van der Waals surface area contributed by atoms with Gasteiger partial charge in [0.1, 0.15) is 0 Å². The van der Waals surface area contributed by atoms with Crippen LogP contribution in [0.1, 0.15) is 29.0 Å². The summed E-state index contributed by atoms with van der Waals surface area (Å²) >= 11 is 0. The van der Waals surface area contributed by atoms with Gasteiger partial charge in [-0.1, -0.05) is 12.1 Å².